The van der Waals surface area contributed by atoms with E-state index in [-0.39, 0.29) is 39.4 Å². The number of aromatic hydroxyl groups is 5. The van der Waals surface area contributed by atoms with Crippen LogP contribution >= 0.6 is 0 Å². The Kier molecular flexibility index (Phi) is 34.7. The Morgan fingerprint density at radius 2 is 0.692 bits per heavy atom. The maximum atomic E-state index is 11.7. The molecule has 5 aliphatic heterocycles. The number of phenolic OH excluding ortho intramolecular Hbond substituents is 3. The minimum atomic E-state index is -1.10. The summed E-state index contributed by atoms with van der Waals surface area (Å²) in [5.41, 5.74) is 14.8. The molecule has 5 aliphatic rings. The lowest BCUT2D eigenvalue weighted by Gasteiger charge is -2.35. The monoisotopic (exact) mass is 1600 g/mol. The van der Waals surface area contributed by atoms with Crippen molar-refractivity contribution < 1.29 is 69.0 Å². The van der Waals surface area contributed by atoms with Crippen LogP contribution in [0.25, 0.3) is 35.4 Å². The lowest BCUT2D eigenvalue weighted by Crippen LogP contribution is -2.32. The molecule has 7 N–H and O–H groups in total. The highest BCUT2D eigenvalue weighted by molar-refractivity contribution is 5.96. The second-order valence-electron chi connectivity index (χ2n) is 34.8. The van der Waals surface area contributed by atoms with Crippen molar-refractivity contribution in [2.45, 2.75) is 321 Å². The van der Waals surface area contributed by atoms with Gasteiger partial charge in [-0.15, -0.1) is 0 Å². The highest BCUT2D eigenvalue weighted by Crippen LogP contribution is 2.51. The van der Waals surface area contributed by atoms with E-state index in [4.69, 9.17) is 23.7 Å². The SMILES string of the molecule is CCCCCc1cc(O)c2c(c1)OC(C)(CCC=C(C)C)C=C2.CCCCCc1cc2c(c(O)c1C(=O)O)C=CC(C)(CCC=C(C)C)O2.CCCCCc1cc2c(c(O)c1C(=O)O)C=CC(C)(CCC=C(C)C)O2.CCCc1cc(O)c2c(c1)OC(C)(C)c1ccc(C)cc1-2.CCCc1cc(O)c2c(c1)OC(C)(CCC=C(C)C)C=C2. The fourth-order valence-corrected chi connectivity index (χ4v) is 15.4. The summed E-state index contributed by atoms with van der Waals surface area (Å²) in [4.78, 5) is 23.3. The lowest BCUT2D eigenvalue weighted by molar-refractivity contribution is 0.0680. The molecular weight excluding hydrogens is 1460 g/mol. The third-order valence-corrected chi connectivity index (χ3v) is 22.0. The van der Waals surface area contributed by atoms with Crippen LogP contribution in [0, 0.1) is 6.92 Å². The van der Waals surface area contributed by atoms with Crippen LogP contribution in [0.3, 0.4) is 0 Å². The summed E-state index contributed by atoms with van der Waals surface area (Å²) in [6.45, 7) is 41.9. The number of unbranched alkanes of at least 4 members (excludes halogenated alkanes) is 6. The first kappa shape index (κ1) is 94.3. The number of carboxylic acid groups (broad SMARTS) is 2. The molecule has 14 heteroatoms. The first-order valence-electron chi connectivity index (χ1n) is 43.0. The molecule has 6 aromatic rings. The Balaban J connectivity index is 0.000000203. The van der Waals surface area contributed by atoms with Gasteiger partial charge in [0.1, 0.15) is 96.6 Å². The predicted molar refractivity (Wildman–Crippen MR) is 483 cm³/mol. The maximum absolute atomic E-state index is 11.7. The number of carboxylic acids is 2. The summed E-state index contributed by atoms with van der Waals surface area (Å²) in [6, 6.07) is 21.8. The fourth-order valence-electron chi connectivity index (χ4n) is 15.4. The minimum Gasteiger partial charge on any atom is -0.507 e. The molecule has 4 unspecified atom stereocenters. The smallest absolute Gasteiger partial charge is 0.339 e. The second kappa shape index (κ2) is 43.1. The molecule has 0 aromatic heterocycles. The molecule has 4 atom stereocenters. The van der Waals surface area contributed by atoms with Crippen LogP contribution in [0.1, 0.15) is 335 Å². The van der Waals surface area contributed by atoms with Crippen LogP contribution in [-0.2, 0) is 37.7 Å². The average Bonchev–Trinajstić information content (AvgIpc) is 0.750. The number of ether oxygens (including phenoxy) is 5. The van der Waals surface area contributed by atoms with Crippen LogP contribution < -0.4 is 23.7 Å². The molecule has 634 valence electrons. The standard InChI is InChI=1S/2C22H30O4.C21H30O2.C19H22O2.C19H26O2/c2*1-5-6-7-10-16-14-18-17(20(23)19(16)21(24)25)11-13-22(4,26-18)12-8-9-15(2)3;1-5-6-7-10-17-14-19(22)18-11-13-21(4,23-20(18)15-17)12-8-9-16(2)3;1-5-6-13-10-16(20)18-14-9-12(2)7-8-15(14)19(3,4)21-17(18)11-13;1-5-7-15-12-17(20)16-9-11-19(4,21-18(16)13-15)10-6-8-14(2)3/h2*9,11,13-14,23H,5-8,10,12H2,1-4H3,(H,24,25);9,11,13-15,22H,5-8,10,12H2,1-4H3;7-11,20H,5-6H2,1-4H3;8-9,11-13,20H,5-7,10H2,1-4H3. The van der Waals surface area contributed by atoms with Gasteiger partial charge < -0.3 is 59.4 Å². The average molecular weight is 1600 g/mol. The van der Waals surface area contributed by atoms with Gasteiger partial charge in [-0.2, -0.15) is 0 Å². The Bertz CT molecular complexity index is 4540. The number of aromatic carboxylic acids is 2. The van der Waals surface area contributed by atoms with Gasteiger partial charge in [-0.25, -0.2) is 9.59 Å². The third kappa shape index (κ3) is 26.8. The summed E-state index contributed by atoms with van der Waals surface area (Å²) < 4.78 is 31.0. The second-order valence-corrected chi connectivity index (χ2v) is 34.8. The van der Waals surface area contributed by atoms with Crippen molar-refractivity contribution in [3.63, 3.8) is 0 Å². The molecular formula is C103H138O14. The molecule has 0 aliphatic carbocycles. The van der Waals surface area contributed by atoms with Gasteiger partial charge in [0.05, 0.1) is 27.8 Å². The van der Waals surface area contributed by atoms with E-state index in [1.807, 2.05) is 56.4 Å². The Morgan fingerprint density at radius 1 is 0.368 bits per heavy atom. The number of aryl methyl sites for hydroxylation is 6. The predicted octanol–water partition coefficient (Wildman–Crippen LogP) is 27.7. The molecule has 6 aromatic carbocycles. The van der Waals surface area contributed by atoms with Crippen molar-refractivity contribution in [3.05, 3.63) is 210 Å². The van der Waals surface area contributed by atoms with Gasteiger partial charge >= 0.3 is 11.9 Å². The van der Waals surface area contributed by atoms with Crippen molar-refractivity contribution in [1.82, 2.24) is 0 Å². The molecule has 14 nitrogen and oxygen atoms in total. The van der Waals surface area contributed by atoms with Crippen molar-refractivity contribution in [1.29, 1.82) is 0 Å². The normalized spacial score (nSPS) is 18.1. The van der Waals surface area contributed by atoms with E-state index in [0.717, 1.165) is 190 Å². The van der Waals surface area contributed by atoms with Crippen molar-refractivity contribution >= 4 is 36.2 Å². The molecule has 0 saturated carbocycles. The third-order valence-electron chi connectivity index (χ3n) is 22.0. The van der Waals surface area contributed by atoms with Gasteiger partial charge in [-0.3, -0.25) is 0 Å². The summed E-state index contributed by atoms with van der Waals surface area (Å²) in [5.74, 6) is 1.95. The van der Waals surface area contributed by atoms with E-state index < -0.39 is 23.1 Å². The molecule has 0 saturated heterocycles. The topological polar surface area (TPSA) is 222 Å². The zero-order chi connectivity index (χ0) is 86.2. The van der Waals surface area contributed by atoms with Gasteiger partial charge in [-0.1, -0.05) is 156 Å². The van der Waals surface area contributed by atoms with Crippen LogP contribution in [-0.4, -0.2) is 70.1 Å². The van der Waals surface area contributed by atoms with Gasteiger partial charge in [0, 0.05) is 5.56 Å². The zero-order valence-electron chi connectivity index (χ0n) is 74.2. The number of fused-ring (bicyclic) bond motifs is 7. The van der Waals surface area contributed by atoms with Gasteiger partial charge in [0.2, 0.25) is 0 Å². The van der Waals surface area contributed by atoms with Gasteiger partial charge in [-0.05, 0) is 337 Å². The van der Waals surface area contributed by atoms with Crippen LogP contribution in [0.4, 0.5) is 0 Å². The molecule has 0 bridgehead atoms. The zero-order valence-corrected chi connectivity index (χ0v) is 74.2. The van der Waals surface area contributed by atoms with E-state index in [2.05, 4.69) is 197 Å². The molecule has 117 heavy (non-hydrogen) atoms. The number of rotatable bonds is 30. The number of benzene rings is 6. The number of allylic oxidation sites excluding steroid dienone is 8. The Morgan fingerprint density at radius 3 is 1.03 bits per heavy atom. The van der Waals surface area contributed by atoms with Crippen LogP contribution in [0.2, 0.25) is 0 Å². The number of hydrogen-bond acceptors (Lipinski definition) is 12. The first-order valence-corrected chi connectivity index (χ1v) is 43.0. The Labute approximate surface area is 700 Å². The molecule has 11 rings (SSSR count). The number of carbonyl (C=O) groups is 2. The van der Waals surface area contributed by atoms with Crippen LogP contribution in [0.15, 0.2) is 138 Å². The first-order chi connectivity index (χ1) is 55.3. The molecule has 0 spiro atoms. The maximum Gasteiger partial charge on any atom is 0.339 e. The molecule has 0 fully saturated rings. The van der Waals surface area contributed by atoms with Crippen molar-refractivity contribution in [2.24, 2.45) is 0 Å². The van der Waals surface area contributed by atoms with E-state index in [0.29, 0.717) is 63.8 Å². The summed E-state index contributed by atoms with van der Waals surface area (Å²) >= 11 is 0. The summed E-state index contributed by atoms with van der Waals surface area (Å²) in [7, 11) is 0. The van der Waals surface area contributed by atoms with E-state index in [9.17, 15) is 45.3 Å². The lowest BCUT2D eigenvalue weighted by atomic mass is 9.84. The highest BCUT2D eigenvalue weighted by atomic mass is 16.5. The number of hydrogen-bond donors (Lipinski definition) is 7. The van der Waals surface area contributed by atoms with E-state index in [1.54, 1.807) is 24.3 Å². The largest absolute Gasteiger partial charge is 0.507 e. The van der Waals surface area contributed by atoms with Gasteiger partial charge in [0.15, 0.2) is 0 Å². The van der Waals surface area contributed by atoms with E-state index >= 15 is 0 Å². The molecule has 5 heterocycles. The number of phenols is 5. The van der Waals surface area contributed by atoms with Crippen molar-refractivity contribution in [2.75, 3.05) is 0 Å². The van der Waals surface area contributed by atoms with Crippen LogP contribution in [0.5, 0.6) is 57.5 Å². The van der Waals surface area contributed by atoms with Crippen molar-refractivity contribution in [3.8, 4) is 68.6 Å². The summed E-state index contributed by atoms with van der Waals surface area (Å²) in [6.07, 6.45) is 47.5. The molecule has 0 amide bonds. The van der Waals surface area contributed by atoms with Gasteiger partial charge in [0.25, 0.3) is 0 Å². The van der Waals surface area contributed by atoms with E-state index in [1.165, 1.54) is 40.7 Å². The summed E-state index contributed by atoms with van der Waals surface area (Å²) in [5, 5.41) is 71.1. The molecule has 0 radical (unpaired) electrons. The Hall–Kier alpha value is -9.82. The fraction of sp³-hybridized carbons (Fsp3) is 0.476. The quantitative estimate of drug-likeness (QED) is 0.0165. The highest BCUT2D eigenvalue weighted by Gasteiger charge is 2.37. The minimum absolute atomic E-state index is 0.00115.